The zero-order valence-electron chi connectivity index (χ0n) is 9.10. The first-order valence-electron chi connectivity index (χ1n) is 5.12. The second-order valence-electron chi connectivity index (χ2n) is 3.56. The molecular weight excluding hydrogens is 206 g/mol. The number of rotatable bonds is 4. The Kier molecular flexibility index (Phi) is 3.28. The summed E-state index contributed by atoms with van der Waals surface area (Å²) in [6, 6.07) is 7.68. The molecule has 0 spiro atoms. The summed E-state index contributed by atoms with van der Waals surface area (Å²) in [6.45, 7) is 1.20. The van der Waals surface area contributed by atoms with E-state index in [-0.39, 0.29) is 6.10 Å². The Morgan fingerprint density at radius 1 is 1.50 bits per heavy atom. The van der Waals surface area contributed by atoms with Crippen molar-refractivity contribution in [1.29, 1.82) is 5.26 Å². The lowest BCUT2D eigenvalue weighted by atomic mass is 10.1. The highest BCUT2D eigenvalue weighted by Gasteiger charge is 2.23. The van der Waals surface area contributed by atoms with Gasteiger partial charge in [0.2, 0.25) is 0 Å². The SMILES string of the molecule is COc1cccc(CC#N)c1OC1COC1. The van der Waals surface area contributed by atoms with E-state index in [1.807, 2.05) is 18.2 Å². The van der Waals surface area contributed by atoms with Gasteiger partial charge in [0.15, 0.2) is 11.5 Å². The highest BCUT2D eigenvalue weighted by atomic mass is 16.6. The first-order valence-corrected chi connectivity index (χ1v) is 5.12. The fourth-order valence-corrected chi connectivity index (χ4v) is 1.53. The molecule has 0 unspecified atom stereocenters. The van der Waals surface area contributed by atoms with Gasteiger partial charge in [-0.05, 0) is 6.07 Å². The van der Waals surface area contributed by atoms with E-state index in [9.17, 15) is 0 Å². The first-order chi connectivity index (χ1) is 7.85. The molecule has 4 heteroatoms. The van der Waals surface area contributed by atoms with Crippen LogP contribution in [0, 0.1) is 11.3 Å². The predicted octanol–water partition coefficient (Wildman–Crippen LogP) is 1.54. The van der Waals surface area contributed by atoms with E-state index in [1.165, 1.54) is 0 Å². The minimum atomic E-state index is 0.0775. The molecule has 1 aromatic rings. The number of nitriles is 1. The van der Waals surface area contributed by atoms with Crippen molar-refractivity contribution >= 4 is 0 Å². The summed E-state index contributed by atoms with van der Waals surface area (Å²) in [4.78, 5) is 0. The highest BCUT2D eigenvalue weighted by molar-refractivity contribution is 5.47. The van der Waals surface area contributed by atoms with Crippen LogP contribution in [0.15, 0.2) is 18.2 Å². The van der Waals surface area contributed by atoms with Crippen LogP contribution in [-0.2, 0) is 11.2 Å². The number of hydrogen-bond acceptors (Lipinski definition) is 4. The van der Waals surface area contributed by atoms with Gasteiger partial charge in [-0.2, -0.15) is 5.26 Å². The van der Waals surface area contributed by atoms with Gasteiger partial charge >= 0.3 is 0 Å². The summed E-state index contributed by atoms with van der Waals surface area (Å²) in [5, 5.41) is 8.74. The average Bonchev–Trinajstić information content (AvgIpc) is 2.25. The maximum atomic E-state index is 8.74. The Hall–Kier alpha value is -1.73. The molecule has 1 fully saturated rings. The van der Waals surface area contributed by atoms with Crippen LogP contribution < -0.4 is 9.47 Å². The summed E-state index contributed by atoms with van der Waals surface area (Å²) in [6.07, 6.45) is 0.397. The standard InChI is InChI=1S/C12H13NO3/c1-14-11-4-2-3-9(5-6-13)12(11)16-10-7-15-8-10/h2-4,10H,5,7-8H2,1H3. The largest absolute Gasteiger partial charge is 0.493 e. The predicted molar refractivity (Wildman–Crippen MR) is 57.5 cm³/mol. The van der Waals surface area contributed by atoms with Gasteiger partial charge in [-0.25, -0.2) is 0 Å². The monoisotopic (exact) mass is 219 g/mol. The van der Waals surface area contributed by atoms with E-state index >= 15 is 0 Å². The van der Waals surface area contributed by atoms with E-state index in [2.05, 4.69) is 6.07 Å². The van der Waals surface area contributed by atoms with Crippen LogP contribution in [0.1, 0.15) is 5.56 Å². The van der Waals surface area contributed by atoms with Crippen molar-refractivity contribution in [2.24, 2.45) is 0 Å². The van der Waals surface area contributed by atoms with Crippen LogP contribution in [0.25, 0.3) is 0 Å². The van der Waals surface area contributed by atoms with Gasteiger partial charge in [-0.1, -0.05) is 12.1 Å². The third-order valence-corrected chi connectivity index (χ3v) is 2.44. The Morgan fingerprint density at radius 3 is 2.88 bits per heavy atom. The van der Waals surface area contributed by atoms with Crippen LogP contribution >= 0.6 is 0 Å². The minimum absolute atomic E-state index is 0.0775. The molecular formula is C12H13NO3. The van der Waals surface area contributed by atoms with Crippen molar-refractivity contribution in [3.8, 4) is 17.6 Å². The molecule has 1 aromatic carbocycles. The molecule has 0 radical (unpaired) electrons. The van der Waals surface area contributed by atoms with Gasteiger partial charge in [0.25, 0.3) is 0 Å². The van der Waals surface area contributed by atoms with Gasteiger partial charge in [-0.3, -0.25) is 0 Å². The highest BCUT2D eigenvalue weighted by Crippen LogP contribution is 2.33. The Morgan fingerprint density at radius 2 is 2.31 bits per heavy atom. The summed E-state index contributed by atoms with van der Waals surface area (Å²) in [5.41, 5.74) is 0.855. The molecule has 0 saturated carbocycles. The van der Waals surface area contributed by atoms with Crippen molar-refractivity contribution in [2.45, 2.75) is 12.5 Å². The molecule has 1 heterocycles. The lowest BCUT2D eigenvalue weighted by Crippen LogP contribution is -2.38. The number of nitrogens with zero attached hydrogens (tertiary/aromatic N) is 1. The Bertz CT molecular complexity index is 407. The molecule has 2 rings (SSSR count). The van der Waals surface area contributed by atoms with Crippen LogP contribution in [0.3, 0.4) is 0 Å². The summed E-state index contributed by atoms with van der Waals surface area (Å²) in [7, 11) is 1.59. The third kappa shape index (κ3) is 2.10. The molecule has 0 amide bonds. The molecule has 1 saturated heterocycles. The number of ether oxygens (including phenoxy) is 3. The Balaban J connectivity index is 2.25. The molecule has 1 aliphatic heterocycles. The fraction of sp³-hybridized carbons (Fsp3) is 0.417. The normalized spacial score (nSPS) is 15.0. The van der Waals surface area contributed by atoms with Crippen LogP contribution in [0.4, 0.5) is 0 Å². The summed E-state index contributed by atoms with van der Waals surface area (Å²) < 4.78 is 16.0. The second-order valence-corrected chi connectivity index (χ2v) is 3.56. The summed E-state index contributed by atoms with van der Waals surface area (Å²) in [5.74, 6) is 1.33. The minimum Gasteiger partial charge on any atom is -0.493 e. The fourth-order valence-electron chi connectivity index (χ4n) is 1.53. The van der Waals surface area contributed by atoms with Gasteiger partial charge in [-0.15, -0.1) is 0 Å². The molecule has 0 N–H and O–H groups in total. The van der Waals surface area contributed by atoms with Crippen molar-refractivity contribution < 1.29 is 14.2 Å². The van der Waals surface area contributed by atoms with E-state index < -0.39 is 0 Å². The molecule has 0 bridgehead atoms. The molecule has 16 heavy (non-hydrogen) atoms. The van der Waals surface area contributed by atoms with Gasteiger partial charge in [0, 0.05) is 5.56 Å². The van der Waals surface area contributed by atoms with E-state index in [0.717, 1.165) is 5.56 Å². The topological polar surface area (TPSA) is 51.5 Å². The van der Waals surface area contributed by atoms with Crippen molar-refractivity contribution in [1.82, 2.24) is 0 Å². The lowest BCUT2D eigenvalue weighted by Gasteiger charge is -2.28. The van der Waals surface area contributed by atoms with Gasteiger partial charge in [0.05, 0.1) is 32.8 Å². The number of methoxy groups -OCH3 is 1. The third-order valence-electron chi connectivity index (χ3n) is 2.44. The average molecular weight is 219 g/mol. The lowest BCUT2D eigenvalue weighted by molar-refractivity contribution is -0.0806. The Labute approximate surface area is 94.3 Å². The summed E-state index contributed by atoms with van der Waals surface area (Å²) >= 11 is 0. The second kappa shape index (κ2) is 4.86. The smallest absolute Gasteiger partial charge is 0.166 e. The molecule has 84 valence electrons. The van der Waals surface area contributed by atoms with E-state index in [4.69, 9.17) is 19.5 Å². The molecule has 0 atom stereocenters. The van der Waals surface area contributed by atoms with Crippen molar-refractivity contribution in [3.05, 3.63) is 23.8 Å². The van der Waals surface area contributed by atoms with E-state index in [1.54, 1.807) is 7.11 Å². The quantitative estimate of drug-likeness (QED) is 0.770. The van der Waals surface area contributed by atoms with Gasteiger partial charge in [0.1, 0.15) is 6.10 Å². The van der Waals surface area contributed by atoms with Crippen molar-refractivity contribution in [2.75, 3.05) is 20.3 Å². The zero-order chi connectivity index (χ0) is 11.4. The van der Waals surface area contributed by atoms with Gasteiger partial charge < -0.3 is 14.2 Å². The zero-order valence-corrected chi connectivity index (χ0v) is 9.10. The van der Waals surface area contributed by atoms with Crippen LogP contribution in [0.5, 0.6) is 11.5 Å². The number of benzene rings is 1. The first kappa shape index (κ1) is 10.8. The van der Waals surface area contributed by atoms with Crippen molar-refractivity contribution in [3.63, 3.8) is 0 Å². The molecule has 1 aliphatic rings. The molecule has 0 aromatic heterocycles. The van der Waals surface area contributed by atoms with Crippen LogP contribution in [0.2, 0.25) is 0 Å². The number of para-hydroxylation sites is 1. The molecule has 0 aliphatic carbocycles. The maximum Gasteiger partial charge on any atom is 0.166 e. The number of hydrogen-bond donors (Lipinski definition) is 0. The maximum absolute atomic E-state index is 8.74. The van der Waals surface area contributed by atoms with Crippen LogP contribution in [-0.4, -0.2) is 26.4 Å². The van der Waals surface area contributed by atoms with E-state index in [0.29, 0.717) is 31.1 Å². The molecule has 4 nitrogen and oxygen atoms in total.